The maximum Gasteiger partial charge on any atom is 0.0624 e. The van der Waals surface area contributed by atoms with Crippen molar-refractivity contribution in [3.63, 3.8) is 0 Å². The van der Waals surface area contributed by atoms with Gasteiger partial charge in [-0.3, -0.25) is 0 Å². The number of H-pyrrole nitrogens is 3. The summed E-state index contributed by atoms with van der Waals surface area (Å²) in [5.74, 6) is 0. The van der Waals surface area contributed by atoms with E-state index in [9.17, 15) is 0 Å². The fraction of sp³-hybridized carbons (Fsp3) is 0.143. The highest BCUT2D eigenvalue weighted by atomic mass is 16.3. The Kier molecular flexibility index (Phi) is 2.78. The van der Waals surface area contributed by atoms with Crippen LogP contribution >= 0.6 is 0 Å². The van der Waals surface area contributed by atoms with Crippen LogP contribution in [-0.2, 0) is 6.42 Å². The van der Waals surface area contributed by atoms with E-state index >= 15 is 0 Å². The molecule has 0 atom stereocenters. The van der Waals surface area contributed by atoms with Gasteiger partial charge in [-0.1, -0.05) is 0 Å². The van der Waals surface area contributed by atoms with E-state index in [1.165, 1.54) is 0 Å². The summed E-state index contributed by atoms with van der Waals surface area (Å²) >= 11 is 0. The maximum absolute atomic E-state index is 8.90. The Morgan fingerprint density at radius 3 is 2.28 bits per heavy atom. The summed E-state index contributed by atoms with van der Waals surface area (Å²) in [6, 6.07) is 12.1. The molecule has 0 saturated carbocycles. The van der Waals surface area contributed by atoms with E-state index in [2.05, 4.69) is 15.0 Å². The van der Waals surface area contributed by atoms with Gasteiger partial charge in [0.1, 0.15) is 0 Å². The minimum Gasteiger partial charge on any atom is -0.396 e. The lowest BCUT2D eigenvalue weighted by atomic mass is 10.3. The summed E-state index contributed by atoms with van der Waals surface area (Å²) in [5, 5.41) is 8.90. The van der Waals surface area contributed by atoms with Crippen LogP contribution in [0.5, 0.6) is 0 Å². The molecule has 0 aromatic carbocycles. The largest absolute Gasteiger partial charge is 0.396 e. The number of rotatable bonds is 4. The number of hydrogen-bond acceptors (Lipinski definition) is 1. The zero-order chi connectivity index (χ0) is 12.4. The molecular weight excluding hydrogens is 226 g/mol. The van der Waals surface area contributed by atoms with Crippen molar-refractivity contribution >= 4 is 0 Å². The summed E-state index contributed by atoms with van der Waals surface area (Å²) in [6.45, 7) is 0.165. The molecule has 92 valence electrons. The second-order valence-electron chi connectivity index (χ2n) is 4.24. The number of aliphatic hydroxyl groups is 1. The van der Waals surface area contributed by atoms with Crippen LogP contribution in [0.3, 0.4) is 0 Å². The van der Waals surface area contributed by atoms with Gasteiger partial charge < -0.3 is 20.1 Å². The fourth-order valence-electron chi connectivity index (χ4n) is 2.07. The van der Waals surface area contributed by atoms with E-state index in [1.807, 2.05) is 42.6 Å². The lowest BCUT2D eigenvalue weighted by molar-refractivity contribution is 0.298. The highest BCUT2D eigenvalue weighted by Crippen LogP contribution is 2.23. The van der Waals surface area contributed by atoms with E-state index in [0.717, 1.165) is 28.5 Å². The molecule has 0 aliphatic rings. The van der Waals surface area contributed by atoms with Crippen LogP contribution in [0, 0.1) is 0 Å². The highest BCUT2D eigenvalue weighted by molar-refractivity contribution is 5.64. The van der Waals surface area contributed by atoms with Crippen LogP contribution in [0.1, 0.15) is 5.69 Å². The third-order valence-corrected chi connectivity index (χ3v) is 2.99. The van der Waals surface area contributed by atoms with Crippen molar-refractivity contribution in [2.45, 2.75) is 6.42 Å². The van der Waals surface area contributed by atoms with Crippen LogP contribution in [0.2, 0.25) is 0 Å². The molecule has 0 saturated heterocycles. The minimum atomic E-state index is 0.165. The first-order valence-electron chi connectivity index (χ1n) is 5.99. The maximum atomic E-state index is 8.90. The van der Waals surface area contributed by atoms with Gasteiger partial charge in [-0.2, -0.15) is 0 Å². The van der Waals surface area contributed by atoms with Crippen LogP contribution in [0.4, 0.5) is 0 Å². The molecule has 0 unspecified atom stereocenters. The number of aliphatic hydroxyl groups excluding tert-OH is 1. The average molecular weight is 241 g/mol. The first-order valence-corrected chi connectivity index (χ1v) is 5.99. The predicted octanol–water partition coefficient (Wildman–Crippen LogP) is 2.54. The molecule has 0 fully saturated rings. The van der Waals surface area contributed by atoms with E-state index < -0.39 is 0 Å². The lowest BCUT2D eigenvalue weighted by Crippen LogP contribution is -1.90. The van der Waals surface area contributed by atoms with Crippen molar-refractivity contribution < 1.29 is 5.11 Å². The number of aromatic amines is 3. The smallest absolute Gasteiger partial charge is 0.0624 e. The number of aromatic nitrogens is 3. The van der Waals surface area contributed by atoms with Crippen molar-refractivity contribution in [3.05, 3.63) is 48.3 Å². The molecule has 0 aliphatic carbocycles. The van der Waals surface area contributed by atoms with Gasteiger partial charge in [0.05, 0.1) is 22.8 Å². The van der Waals surface area contributed by atoms with Crippen LogP contribution < -0.4 is 0 Å². The van der Waals surface area contributed by atoms with E-state index in [0.29, 0.717) is 6.42 Å². The molecule has 4 nitrogen and oxygen atoms in total. The number of nitrogens with one attached hydrogen (secondary N) is 3. The zero-order valence-electron chi connectivity index (χ0n) is 9.90. The quantitative estimate of drug-likeness (QED) is 0.557. The summed E-state index contributed by atoms with van der Waals surface area (Å²) < 4.78 is 0. The standard InChI is InChI=1S/C14H15N3O/c18-9-7-10-3-4-13(16-10)14-6-5-12(17-14)11-2-1-8-15-11/h1-6,8,15-18H,7,9H2. The van der Waals surface area contributed by atoms with Gasteiger partial charge in [-0.15, -0.1) is 0 Å². The van der Waals surface area contributed by atoms with Crippen LogP contribution in [-0.4, -0.2) is 26.7 Å². The Morgan fingerprint density at radius 2 is 1.56 bits per heavy atom. The van der Waals surface area contributed by atoms with E-state index in [1.54, 1.807) is 0 Å². The van der Waals surface area contributed by atoms with Crippen molar-refractivity contribution in [1.29, 1.82) is 0 Å². The first kappa shape index (κ1) is 10.9. The molecule has 18 heavy (non-hydrogen) atoms. The van der Waals surface area contributed by atoms with Gasteiger partial charge in [0.15, 0.2) is 0 Å². The molecule has 4 N–H and O–H groups in total. The Hall–Kier alpha value is -2.20. The molecule has 3 rings (SSSR count). The zero-order valence-corrected chi connectivity index (χ0v) is 9.90. The lowest BCUT2D eigenvalue weighted by Gasteiger charge is -1.96. The molecule has 0 bridgehead atoms. The Morgan fingerprint density at radius 1 is 0.833 bits per heavy atom. The second kappa shape index (κ2) is 4.58. The molecule has 0 radical (unpaired) electrons. The van der Waals surface area contributed by atoms with Crippen molar-refractivity contribution in [1.82, 2.24) is 15.0 Å². The van der Waals surface area contributed by atoms with Gasteiger partial charge in [0.25, 0.3) is 0 Å². The van der Waals surface area contributed by atoms with Gasteiger partial charge in [0.2, 0.25) is 0 Å². The van der Waals surface area contributed by atoms with Crippen molar-refractivity contribution in [2.24, 2.45) is 0 Å². The molecule has 0 amide bonds. The van der Waals surface area contributed by atoms with Crippen LogP contribution in [0.15, 0.2) is 42.6 Å². The third-order valence-electron chi connectivity index (χ3n) is 2.99. The normalized spacial score (nSPS) is 10.9. The Labute approximate surface area is 105 Å². The van der Waals surface area contributed by atoms with Crippen molar-refractivity contribution in [3.8, 4) is 22.8 Å². The summed E-state index contributed by atoms with van der Waals surface area (Å²) in [6.07, 6.45) is 2.56. The summed E-state index contributed by atoms with van der Waals surface area (Å²) in [7, 11) is 0. The molecule has 4 heteroatoms. The van der Waals surface area contributed by atoms with Gasteiger partial charge in [-0.05, 0) is 36.4 Å². The van der Waals surface area contributed by atoms with Gasteiger partial charge in [0, 0.05) is 24.9 Å². The first-order chi connectivity index (χ1) is 8.86. The monoisotopic (exact) mass is 241 g/mol. The average Bonchev–Trinajstić information content (AvgIpc) is 3.10. The Balaban J connectivity index is 1.88. The molecule has 0 spiro atoms. The van der Waals surface area contributed by atoms with Crippen molar-refractivity contribution in [2.75, 3.05) is 6.61 Å². The molecule has 3 aromatic heterocycles. The molecular formula is C14H15N3O. The predicted molar refractivity (Wildman–Crippen MR) is 71.2 cm³/mol. The second-order valence-corrected chi connectivity index (χ2v) is 4.24. The summed E-state index contributed by atoms with van der Waals surface area (Å²) in [5.41, 5.74) is 5.26. The Bertz CT molecular complexity index is 619. The molecule has 3 aromatic rings. The highest BCUT2D eigenvalue weighted by Gasteiger charge is 2.06. The van der Waals surface area contributed by atoms with Gasteiger partial charge in [-0.25, -0.2) is 0 Å². The minimum absolute atomic E-state index is 0.165. The number of hydrogen-bond donors (Lipinski definition) is 4. The van der Waals surface area contributed by atoms with Crippen LogP contribution in [0.25, 0.3) is 22.8 Å². The molecule has 3 heterocycles. The van der Waals surface area contributed by atoms with E-state index in [-0.39, 0.29) is 6.61 Å². The van der Waals surface area contributed by atoms with E-state index in [4.69, 9.17) is 5.11 Å². The SMILES string of the molecule is OCCc1ccc(-c2ccc(-c3ccc[nH]3)[nH]2)[nH]1. The summed E-state index contributed by atoms with van der Waals surface area (Å²) in [4.78, 5) is 9.82. The topological polar surface area (TPSA) is 67.6 Å². The van der Waals surface area contributed by atoms with Gasteiger partial charge >= 0.3 is 0 Å². The third kappa shape index (κ3) is 1.98. The molecule has 0 aliphatic heterocycles. The fourth-order valence-corrected chi connectivity index (χ4v) is 2.07.